The molecule has 0 unspecified atom stereocenters. The first-order chi connectivity index (χ1) is 12.3. The summed E-state index contributed by atoms with van der Waals surface area (Å²) in [6.45, 7) is 0.235. The summed E-state index contributed by atoms with van der Waals surface area (Å²) in [6, 6.07) is 8.96. The summed E-state index contributed by atoms with van der Waals surface area (Å²) in [4.78, 5) is 18.9. The molecule has 134 valence electrons. The molecule has 3 rings (SSSR count). The van der Waals surface area contributed by atoms with Gasteiger partial charge >= 0.3 is 0 Å². The highest BCUT2D eigenvalue weighted by atomic mass is 32.2. The van der Waals surface area contributed by atoms with Crippen molar-refractivity contribution in [2.75, 3.05) is 5.32 Å². The molecule has 0 bridgehead atoms. The van der Waals surface area contributed by atoms with Crippen LogP contribution in [0.2, 0.25) is 0 Å². The second kappa shape index (κ2) is 7.15. The monoisotopic (exact) mass is 391 g/mol. The Hall–Kier alpha value is -2.89. The number of nitrogens with one attached hydrogen (secondary N) is 1. The van der Waals surface area contributed by atoms with Crippen molar-refractivity contribution >= 4 is 32.7 Å². The number of sulfonamides is 1. The van der Waals surface area contributed by atoms with Crippen molar-refractivity contribution in [1.82, 2.24) is 9.97 Å². The second-order valence-corrected chi connectivity index (χ2v) is 7.61. The van der Waals surface area contributed by atoms with E-state index in [9.17, 15) is 18.5 Å². The SMILES string of the molecule is NS(=O)(=O)c1ccc(NCc2csc(-c3ccccn3)n2)c([N+](=O)[O-])c1. The van der Waals surface area contributed by atoms with E-state index >= 15 is 0 Å². The maximum absolute atomic E-state index is 11.4. The fourth-order valence-corrected chi connectivity index (χ4v) is 3.50. The van der Waals surface area contributed by atoms with Crippen LogP contribution < -0.4 is 10.5 Å². The van der Waals surface area contributed by atoms with Crippen molar-refractivity contribution in [1.29, 1.82) is 0 Å². The number of hydrogen-bond acceptors (Lipinski definition) is 8. The van der Waals surface area contributed by atoms with Crippen LogP contribution in [0.1, 0.15) is 5.69 Å². The van der Waals surface area contributed by atoms with Gasteiger partial charge in [0.05, 0.1) is 27.8 Å². The van der Waals surface area contributed by atoms with Gasteiger partial charge in [0.15, 0.2) is 0 Å². The number of nitro groups is 1. The number of nitro benzene ring substituents is 1. The molecular formula is C15H13N5O4S2. The minimum atomic E-state index is -4.02. The lowest BCUT2D eigenvalue weighted by atomic mass is 10.2. The van der Waals surface area contributed by atoms with Gasteiger partial charge in [0.25, 0.3) is 5.69 Å². The molecule has 0 spiro atoms. The van der Waals surface area contributed by atoms with E-state index in [1.807, 2.05) is 23.6 Å². The van der Waals surface area contributed by atoms with E-state index in [0.717, 1.165) is 16.8 Å². The summed E-state index contributed by atoms with van der Waals surface area (Å²) < 4.78 is 22.7. The molecule has 2 aromatic heterocycles. The van der Waals surface area contributed by atoms with E-state index in [0.29, 0.717) is 5.69 Å². The van der Waals surface area contributed by atoms with E-state index in [4.69, 9.17) is 5.14 Å². The van der Waals surface area contributed by atoms with Gasteiger partial charge in [-0.1, -0.05) is 6.07 Å². The molecule has 9 nitrogen and oxygen atoms in total. The quantitative estimate of drug-likeness (QED) is 0.485. The third-order valence-corrected chi connectivity index (χ3v) is 5.21. The van der Waals surface area contributed by atoms with Gasteiger partial charge in [-0.15, -0.1) is 11.3 Å². The van der Waals surface area contributed by atoms with Crippen molar-refractivity contribution < 1.29 is 13.3 Å². The number of primary sulfonamides is 1. The Labute approximate surface area is 152 Å². The van der Waals surface area contributed by atoms with Crippen LogP contribution in [0.25, 0.3) is 10.7 Å². The topological polar surface area (TPSA) is 141 Å². The fraction of sp³-hybridized carbons (Fsp3) is 0.0667. The fourth-order valence-electron chi connectivity index (χ4n) is 2.17. The Morgan fingerprint density at radius 2 is 2.08 bits per heavy atom. The van der Waals surface area contributed by atoms with Crippen LogP contribution in [0, 0.1) is 10.1 Å². The van der Waals surface area contributed by atoms with Crippen LogP contribution in [0.3, 0.4) is 0 Å². The molecule has 1 aromatic carbocycles. The molecular weight excluding hydrogens is 378 g/mol. The summed E-state index contributed by atoms with van der Waals surface area (Å²) in [7, 11) is -4.02. The normalized spacial score (nSPS) is 11.3. The molecule has 0 fully saturated rings. The zero-order valence-electron chi connectivity index (χ0n) is 13.2. The standard InChI is InChI=1S/C15H13N5O4S2/c16-26(23,24)11-4-5-12(14(7-11)20(21)22)18-8-10-9-25-15(19-10)13-3-1-2-6-17-13/h1-7,9,18H,8H2,(H2,16,23,24). The average Bonchev–Trinajstić information content (AvgIpc) is 3.08. The summed E-state index contributed by atoms with van der Waals surface area (Å²) in [5.74, 6) is 0. The summed E-state index contributed by atoms with van der Waals surface area (Å²) in [5, 5.41) is 21.7. The Balaban J connectivity index is 1.80. The van der Waals surface area contributed by atoms with E-state index in [1.54, 1.807) is 6.20 Å². The van der Waals surface area contributed by atoms with Crippen LogP contribution in [0.5, 0.6) is 0 Å². The number of aromatic nitrogens is 2. The number of pyridine rings is 1. The molecule has 3 aromatic rings. The van der Waals surface area contributed by atoms with E-state index in [2.05, 4.69) is 15.3 Å². The first kappa shape index (κ1) is 17.9. The minimum Gasteiger partial charge on any atom is -0.374 e. The van der Waals surface area contributed by atoms with E-state index in [-0.39, 0.29) is 22.8 Å². The molecule has 0 radical (unpaired) electrons. The van der Waals surface area contributed by atoms with Gasteiger partial charge < -0.3 is 5.32 Å². The first-order valence-electron chi connectivity index (χ1n) is 7.25. The van der Waals surface area contributed by atoms with Crippen molar-refractivity contribution in [3.63, 3.8) is 0 Å². The molecule has 0 atom stereocenters. The van der Waals surface area contributed by atoms with Crippen molar-refractivity contribution in [3.05, 3.63) is 63.8 Å². The highest BCUT2D eigenvalue weighted by molar-refractivity contribution is 7.89. The molecule has 0 saturated carbocycles. The number of hydrogen-bond donors (Lipinski definition) is 2. The first-order valence-corrected chi connectivity index (χ1v) is 9.68. The number of nitrogens with zero attached hydrogens (tertiary/aromatic N) is 3. The molecule has 0 saturated heterocycles. The maximum Gasteiger partial charge on any atom is 0.293 e. The average molecular weight is 391 g/mol. The number of anilines is 1. The molecule has 26 heavy (non-hydrogen) atoms. The van der Waals surface area contributed by atoms with Crippen molar-refractivity contribution in [2.45, 2.75) is 11.4 Å². The van der Waals surface area contributed by atoms with Gasteiger partial charge in [0.1, 0.15) is 10.7 Å². The number of rotatable bonds is 6. The van der Waals surface area contributed by atoms with Gasteiger partial charge in [0, 0.05) is 17.6 Å². The lowest BCUT2D eigenvalue weighted by Gasteiger charge is -2.07. The molecule has 0 aliphatic heterocycles. The van der Waals surface area contributed by atoms with Crippen LogP contribution in [-0.2, 0) is 16.6 Å². The van der Waals surface area contributed by atoms with Crippen LogP contribution >= 0.6 is 11.3 Å². The summed E-state index contributed by atoms with van der Waals surface area (Å²) in [5.41, 5.74) is 1.22. The van der Waals surface area contributed by atoms with Gasteiger partial charge in [-0.25, -0.2) is 18.5 Å². The largest absolute Gasteiger partial charge is 0.374 e. The molecule has 0 amide bonds. The van der Waals surface area contributed by atoms with Crippen LogP contribution in [-0.4, -0.2) is 23.3 Å². The van der Waals surface area contributed by atoms with Crippen LogP contribution in [0.15, 0.2) is 52.9 Å². The summed E-state index contributed by atoms with van der Waals surface area (Å²) >= 11 is 1.41. The predicted octanol–water partition coefficient (Wildman–Crippen LogP) is 2.37. The minimum absolute atomic E-state index is 0.176. The molecule has 11 heteroatoms. The highest BCUT2D eigenvalue weighted by Crippen LogP contribution is 2.28. The highest BCUT2D eigenvalue weighted by Gasteiger charge is 2.19. The molecule has 0 aliphatic rings. The smallest absolute Gasteiger partial charge is 0.293 e. The van der Waals surface area contributed by atoms with E-state index in [1.165, 1.54) is 23.5 Å². The zero-order valence-corrected chi connectivity index (χ0v) is 14.8. The van der Waals surface area contributed by atoms with E-state index < -0.39 is 14.9 Å². The Morgan fingerprint density at radius 3 is 2.73 bits per heavy atom. The van der Waals surface area contributed by atoms with Crippen LogP contribution in [0.4, 0.5) is 11.4 Å². The zero-order chi connectivity index (χ0) is 18.7. The van der Waals surface area contributed by atoms with Gasteiger partial charge in [-0.05, 0) is 24.3 Å². The number of nitrogens with two attached hydrogens (primary N) is 1. The Morgan fingerprint density at radius 1 is 1.27 bits per heavy atom. The molecule has 2 heterocycles. The Kier molecular flexibility index (Phi) is 4.93. The molecule has 3 N–H and O–H groups in total. The lowest BCUT2D eigenvalue weighted by Crippen LogP contribution is -2.13. The molecule has 0 aliphatic carbocycles. The van der Waals surface area contributed by atoms with Crippen molar-refractivity contribution in [2.24, 2.45) is 5.14 Å². The number of benzene rings is 1. The maximum atomic E-state index is 11.4. The second-order valence-electron chi connectivity index (χ2n) is 5.19. The van der Waals surface area contributed by atoms with Gasteiger partial charge in [-0.3, -0.25) is 15.1 Å². The number of thiazole rings is 1. The third kappa shape index (κ3) is 4.02. The Bertz CT molecular complexity index is 1050. The summed E-state index contributed by atoms with van der Waals surface area (Å²) in [6.07, 6.45) is 1.67. The predicted molar refractivity (Wildman–Crippen MR) is 97.1 cm³/mol. The van der Waals surface area contributed by atoms with Gasteiger partial charge in [-0.2, -0.15) is 0 Å². The van der Waals surface area contributed by atoms with Gasteiger partial charge in [0.2, 0.25) is 10.0 Å². The van der Waals surface area contributed by atoms with Crippen molar-refractivity contribution in [3.8, 4) is 10.7 Å². The third-order valence-electron chi connectivity index (χ3n) is 3.39. The lowest BCUT2D eigenvalue weighted by molar-refractivity contribution is -0.384.